The van der Waals surface area contributed by atoms with Crippen LogP contribution in [0.15, 0.2) is 48.9 Å². The molecule has 2 aliphatic rings. The van der Waals surface area contributed by atoms with E-state index in [4.69, 9.17) is 19.8 Å². The van der Waals surface area contributed by atoms with E-state index in [2.05, 4.69) is 26.3 Å². The average molecular weight is 550 g/mol. The highest BCUT2D eigenvalue weighted by Gasteiger charge is 2.46. The molecule has 3 N–H and O–H groups in total. The Balaban J connectivity index is 0.000000301. The highest BCUT2D eigenvalue weighted by Crippen LogP contribution is 2.39. The van der Waals surface area contributed by atoms with Crippen molar-refractivity contribution in [3.63, 3.8) is 0 Å². The van der Waals surface area contributed by atoms with Crippen molar-refractivity contribution in [3.8, 4) is 0 Å². The predicted octanol–water partition coefficient (Wildman–Crippen LogP) is 3.38. The Bertz CT molecular complexity index is 1050. The fourth-order valence-electron chi connectivity index (χ4n) is 3.92. The van der Waals surface area contributed by atoms with Gasteiger partial charge in [0.25, 0.3) is 0 Å². The van der Waals surface area contributed by atoms with Crippen LogP contribution >= 0.6 is 0 Å². The van der Waals surface area contributed by atoms with Crippen molar-refractivity contribution < 1.29 is 50.9 Å². The maximum Gasteiger partial charge on any atom is 0.490 e. The summed E-state index contributed by atoms with van der Waals surface area (Å²) >= 11 is 0. The van der Waals surface area contributed by atoms with Crippen LogP contribution < -0.4 is 5.32 Å². The third-order valence-electron chi connectivity index (χ3n) is 5.80. The van der Waals surface area contributed by atoms with Gasteiger partial charge in [-0.2, -0.15) is 26.3 Å². The maximum atomic E-state index is 12.5. The van der Waals surface area contributed by atoms with Crippen LogP contribution in [-0.2, 0) is 20.9 Å². The number of aliphatic carboxylic acids is 2. The fourth-order valence-corrected chi connectivity index (χ4v) is 3.92. The lowest BCUT2D eigenvalue weighted by Crippen LogP contribution is -2.50. The number of amides is 1. The number of aromatic nitrogens is 2. The SMILES string of the molecule is O=C(O)C(F)(F)F.O=C(O)C(F)(F)F.O=C1NC2(CCN(Cc3ccccn3)CC2)CC1c1cccnc1. The molecule has 1 spiro atoms. The van der Waals surface area contributed by atoms with Crippen LogP contribution in [0, 0.1) is 0 Å². The number of hydrogen-bond donors (Lipinski definition) is 3. The summed E-state index contributed by atoms with van der Waals surface area (Å²) < 4.78 is 63.5. The van der Waals surface area contributed by atoms with Gasteiger partial charge < -0.3 is 15.5 Å². The molecule has 0 bridgehead atoms. The number of nitrogens with zero attached hydrogens (tertiary/aromatic N) is 3. The molecule has 2 aliphatic heterocycles. The van der Waals surface area contributed by atoms with Gasteiger partial charge in [-0.25, -0.2) is 9.59 Å². The molecule has 9 nitrogen and oxygen atoms in total. The molecule has 208 valence electrons. The Labute approximate surface area is 212 Å². The number of rotatable bonds is 3. The highest BCUT2D eigenvalue weighted by atomic mass is 19.4. The van der Waals surface area contributed by atoms with E-state index < -0.39 is 24.3 Å². The summed E-state index contributed by atoms with van der Waals surface area (Å²) in [4.78, 5) is 41.2. The minimum absolute atomic E-state index is 0.0434. The number of pyridine rings is 2. The molecule has 4 rings (SSSR count). The number of carboxylic acids is 2. The first-order chi connectivity index (χ1) is 17.6. The van der Waals surface area contributed by atoms with Crippen molar-refractivity contribution in [2.24, 2.45) is 0 Å². The van der Waals surface area contributed by atoms with Crippen molar-refractivity contribution in [1.29, 1.82) is 0 Å². The van der Waals surface area contributed by atoms with Crippen molar-refractivity contribution in [2.75, 3.05) is 13.1 Å². The number of carboxylic acid groups (broad SMARTS) is 2. The van der Waals surface area contributed by atoms with Crippen LogP contribution in [0.5, 0.6) is 0 Å². The van der Waals surface area contributed by atoms with Gasteiger partial charge >= 0.3 is 24.3 Å². The van der Waals surface area contributed by atoms with Crippen molar-refractivity contribution in [3.05, 3.63) is 60.2 Å². The Morgan fingerprint density at radius 3 is 2.00 bits per heavy atom. The lowest BCUT2D eigenvalue weighted by Gasteiger charge is -2.39. The summed E-state index contributed by atoms with van der Waals surface area (Å²) in [5, 5.41) is 17.5. The van der Waals surface area contributed by atoms with Crippen LogP contribution in [0.1, 0.15) is 36.4 Å². The van der Waals surface area contributed by atoms with Gasteiger partial charge in [-0.3, -0.25) is 19.7 Å². The molecule has 0 saturated carbocycles. The van der Waals surface area contributed by atoms with E-state index in [1.165, 1.54) is 0 Å². The number of hydrogen-bond acceptors (Lipinski definition) is 6. The first-order valence-electron chi connectivity index (χ1n) is 11.1. The smallest absolute Gasteiger partial charge is 0.475 e. The van der Waals surface area contributed by atoms with E-state index in [-0.39, 0.29) is 17.4 Å². The quantitative estimate of drug-likeness (QED) is 0.496. The lowest BCUT2D eigenvalue weighted by atomic mass is 9.82. The zero-order valence-corrected chi connectivity index (χ0v) is 19.7. The number of nitrogens with one attached hydrogen (secondary N) is 1. The zero-order valence-electron chi connectivity index (χ0n) is 19.7. The number of likely N-dealkylation sites (tertiary alicyclic amines) is 1. The second-order valence-corrected chi connectivity index (χ2v) is 8.52. The summed E-state index contributed by atoms with van der Waals surface area (Å²) in [6.45, 7) is 2.88. The third-order valence-corrected chi connectivity index (χ3v) is 5.80. The molecule has 1 amide bonds. The second-order valence-electron chi connectivity index (χ2n) is 8.52. The summed E-state index contributed by atoms with van der Waals surface area (Å²) in [6, 6.07) is 9.96. The van der Waals surface area contributed by atoms with Crippen LogP contribution in [0.25, 0.3) is 0 Å². The topological polar surface area (TPSA) is 133 Å². The number of piperidine rings is 1. The predicted molar refractivity (Wildman–Crippen MR) is 119 cm³/mol. The Hall–Kier alpha value is -3.75. The van der Waals surface area contributed by atoms with Crippen molar-refractivity contribution in [1.82, 2.24) is 20.2 Å². The molecule has 2 fully saturated rings. The van der Waals surface area contributed by atoms with E-state index in [0.717, 1.165) is 50.2 Å². The minimum Gasteiger partial charge on any atom is -0.475 e. The van der Waals surface area contributed by atoms with E-state index in [1.54, 1.807) is 6.20 Å². The monoisotopic (exact) mass is 550 g/mol. The molecule has 2 aromatic heterocycles. The first-order valence-corrected chi connectivity index (χ1v) is 11.1. The lowest BCUT2D eigenvalue weighted by molar-refractivity contribution is -0.193. The molecule has 38 heavy (non-hydrogen) atoms. The second kappa shape index (κ2) is 12.7. The highest BCUT2D eigenvalue weighted by molar-refractivity contribution is 5.87. The van der Waals surface area contributed by atoms with E-state index in [9.17, 15) is 31.1 Å². The van der Waals surface area contributed by atoms with Gasteiger partial charge in [0, 0.05) is 43.8 Å². The number of alkyl halides is 6. The maximum absolute atomic E-state index is 12.5. The van der Waals surface area contributed by atoms with Gasteiger partial charge in [0.1, 0.15) is 0 Å². The Morgan fingerprint density at radius 1 is 0.974 bits per heavy atom. The molecule has 4 heterocycles. The minimum atomic E-state index is -5.08. The molecule has 1 atom stereocenters. The fraction of sp³-hybridized carbons (Fsp3) is 0.435. The Kier molecular flexibility index (Phi) is 10.2. The van der Waals surface area contributed by atoms with Crippen LogP contribution in [0.2, 0.25) is 0 Å². The summed E-state index contributed by atoms with van der Waals surface area (Å²) in [5.41, 5.74) is 2.10. The molecular weight excluding hydrogens is 526 g/mol. The molecule has 0 aliphatic carbocycles. The van der Waals surface area contributed by atoms with Crippen LogP contribution in [0.4, 0.5) is 26.3 Å². The standard InChI is InChI=1S/C19H22N4O.2C2HF3O2/c24-18-17(15-4-3-8-20-13-15)12-19(22-18)6-10-23(11-7-19)14-16-5-1-2-9-21-16;2*3-2(4,5)1(6)7/h1-5,8-9,13,17H,6-7,10-12,14H2,(H,22,24);2*(H,6,7). The van der Waals surface area contributed by atoms with Gasteiger partial charge in [0.15, 0.2) is 0 Å². The Morgan fingerprint density at radius 2 is 1.55 bits per heavy atom. The van der Waals surface area contributed by atoms with Gasteiger partial charge in [0.2, 0.25) is 5.91 Å². The molecule has 0 radical (unpaired) electrons. The molecule has 1 unspecified atom stereocenters. The number of carbonyl (C=O) groups excluding carboxylic acids is 1. The van der Waals surface area contributed by atoms with E-state index in [1.807, 2.05) is 36.7 Å². The average Bonchev–Trinajstić information content (AvgIpc) is 3.17. The van der Waals surface area contributed by atoms with Gasteiger partial charge in [-0.05, 0) is 43.0 Å². The van der Waals surface area contributed by atoms with Crippen molar-refractivity contribution >= 4 is 17.8 Å². The largest absolute Gasteiger partial charge is 0.490 e. The van der Waals surface area contributed by atoms with Gasteiger partial charge in [0.05, 0.1) is 11.6 Å². The first kappa shape index (κ1) is 30.5. The number of carbonyl (C=O) groups is 3. The third kappa shape index (κ3) is 9.28. The molecule has 15 heteroatoms. The number of halogens is 6. The van der Waals surface area contributed by atoms with Gasteiger partial charge in [-0.15, -0.1) is 0 Å². The summed E-state index contributed by atoms with van der Waals surface area (Å²) in [5.74, 6) is -5.41. The van der Waals surface area contributed by atoms with Gasteiger partial charge in [-0.1, -0.05) is 12.1 Å². The van der Waals surface area contributed by atoms with Crippen LogP contribution in [0.3, 0.4) is 0 Å². The molecule has 2 saturated heterocycles. The van der Waals surface area contributed by atoms with Crippen LogP contribution in [-0.4, -0.2) is 73.9 Å². The molecular formula is C23H24F6N4O5. The normalized spacial score (nSPS) is 18.9. The summed E-state index contributed by atoms with van der Waals surface area (Å²) in [7, 11) is 0. The molecule has 0 aromatic carbocycles. The van der Waals surface area contributed by atoms with E-state index in [0.29, 0.717) is 0 Å². The zero-order chi connectivity index (χ0) is 28.6. The molecule has 2 aromatic rings. The van der Waals surface area contributed by atoms with Crippen molar-refractivity contribution in [2.45, 2.75) is 49.6 Å². The van der Waals surface area contributed by atoms with E-state index >= 15 is 0 Å². The summed E-state index contributed by atoms with van der Waals surface area (Å²) in [6.07, 6.45) is -1.86.